The molecule has 2 N–H and O–H groups in total. The maximum absolute atomic E-state index is 13.6. The van der Waals surface area contributed by atoms with Crippen LogP contribution in [0.1, 0.15) is 31.7 Å². The van der Waals surface area contributed by atoms with Crippen molar-refractivity contribution in [1.29, 1.82) is 0 Å². The summed E-state index contributed by atoms with van der Waals surface area (Å²) in [6.07, 6.45) is -3.62. The minimum atomic E-state index is -5.02. The van der Waals surface area contributed by atoms with Crippen LogP contribution in [0.4, 0.5) is 22.4 Å². The number of aldehydes is 1. The van der Waals surface area contributed by atoms with E-state index in [9.17, 15) is 40.7 Å². The molecular weight excluding hydrogens is 494 g/mol. The van der Waals surface area contributed by atoms with Crippen LogP contribution in [0.25, 0.3) is 0 Å². The van der Waals surface area contributed by atoms with Gasteiger partial charge in [-0.25, -0.2) is 17.6 Å². The van der Waals surface area contributed by atoms with Crippen LogP contribution < -0.4 is 5.32 Å². The summed E-state index contributed by atoms with van der Waals surface area (Å²) in [5.41, 5.74) is -1.63. The van der Waals surface area contributed by atoms with Gasteiger partial charge in [-0.1, -0.05) is 6.92 Å². The summed E-state index contributed by atoms with van der Waals surface area (Å²) < 4.78 is 80.1. The monoisotopic (exact) mass is 523 g/mol. The maximum atomic E-state index is 13.6. The number of amides is 1. The molecule has 1 aliphatic carbocycles. The Morgan fingerprint density at radius 2 is 2.00 bits per heavy atom. The van der Waals surface area contributed by atoms with Gasteiger partial charge >= 0.3 is 12.3 Å². The minimum Gasteiger partial charge on any atom is -0.465 e. The number of likely N-dealkylation sites (N-methyl/N-ethyl adjacent to an activating group) is 1. The number of rotatable bonds is 9. The number of carbonyl (C=O) groups is 2. The molecule has 1 aromatic carbocycles. The van der Waals surface area contributed by atoms with Gasteiger partial charge in [-0.2, -0.15) is 17.5 Å². The second-order valence-electron chi connectivity index (χ2n) is 9.37. The molecule has 1 aromatic rings. The number of carboxylic acid groups (broad SMARTS) is 1. The molecule has 196 valence electrons. The molecule has 13 heteroatoms. The number of carbonyl (C=O) groups excluding carboxylic acids is 1. The lowest BCUT2D eigenvalue weighted by molar-refractivity contribution is -0.140. The van der Waals surface area contributed by atoms with Crippen molar-refractivity contribution in [3.8, 4) is 0 Å². The first-order valence-corrected chi connectivity index (χ1v) is 12.7. The standard InChI is InChI=1S/C22H29F4N3O5S/c1-13(12-30)7-15(28(2)21(31)32)9-27-20-6-3-14-10-29(11-17(14)20)35(33,34)16-4-5-19(23)18(8-16)22(24,25)26/h4-5,8,12-15,17,20,27H,3,6-7,9-11H2,1-2H3,(H,31,32)/t13?,14-,15?,17+,20+/m0/s1. The maximum Gasteiger partial charge on any atom is 0.419 e. The van der Waals surface area contributed by atoms with Crippen LogP contribution in [0.15, 0.2) is 23.1 Å². The van der Waals surface area contributed by atoms with Crippen LogP contribution in [0.2, 0.25) is 0 Å². The number of hydrogen-bond acceptors (Lipinski definition) is 5. The number of sulfonamides is 1. The van der Waals surface area contributed by atoms with Crippen molar-refractivity contribution < 1.29 is 40.7 Å². The number of nitrogens with one attached hydrogen (secondary N) is 1. The van der Waals surface area contributed by atoms with E-state index < -0.39 is 44.6 Å². The zero-order valence-electron chi connectivity index (χ0n) is 19.3. The molecule has 0 spiro atoms. The predicted molar refractivity (Wildman–Crippen MR) is 118 cm³/mol. The van der Waals surface area contributed by atoms with Gasteiger partial charge in [0, 0.05) is 44.7 Å². The molecule has 3 rings (SSSR count). The van der Waals surface area contributed by atoms with Crippen molar-refractivity contribution in [3.63, 3.8) is 0 Å². The highest BCUT2D eigenvalue weighted by Crippen LogP contribution is 2.41. The van der Waals surface area contributed by atoms with Gasteiger partial charge in [0.15, 0.2) is 0 Å². The van der Waals surface area contributed by atoms with Crippen molar-refractivity contribution in [2.45, 2.75) is 49.3 Å². The fourth-order valence-electron chi connectivity index (χ4n) is 5.01. The molecule has 2 unspecified atom stereocenters. The largest absolute Gasteiger partial charge is 0.465 e. The van der Waals surface area contributed by atoms with E-state index in [2.05, 4.69) is 5.32 Å². The van der Waals surface area contributed by atoms with Gasteiger partial charge in [0.25, 0.3) is 0 Å². The third kappa shape index (κ3) is 5.95. The number of alkyl halides is 3. The number of halogens is 4. The van der Waals surface area contributed by atoms with E-state index in [1.165, 1.54) is 7.05 Å². The Bertz CT molecular complexity index is 1050. The zero-order valence-corrected chi connectivity index (χ0v) is 20.2. The Hall–Kier alpha value is -2.25. The Balaban J connectivity index is 1.71. The van der Waals surface area contributed by atoms with Crippen molar-refractivity contribution in [3.05, 3.63) is 29.6 Å². The van der Waals surface area contributed by atoms with Gasteiger partial charge in [-0.15, -0.1) is 0 Å². The van der Waals surface area contributed by atoms with E-state index in [4.69, 9.17) is 0 Å². The molecule has 1 heterocycles. The molecule has 35 heavy (non-hydrogen) atoms. The molecule has 0 aromatic heterocycles. The molecular formula is C22H29F4N3O5S. The molecule has 1 saturated heterocycles. The van der Waals surface area contributed by atoms with Crippen LogP contribution in [0.5, 0.6) is 0 Å². The van der Waals surface area contributed by atoms with Crippen molar-refractivity contribution in [2.24, 2.45) is 17.8 Å². The molecule has 0 bridgehead atoms. The molecule has 1 aliphatic heterocycles. The van der Waals surface area contributed by atoms with Crippen LogP contribution in [0.3, 0.4) is 0 Å². The highest BCUT2D eigenvalue weighted by molar-refractivity contribution is 7.89. The zero-order chi connectivity index (χ0) is 26.1. The lowest BCUT2D eigenvalue weighted by atomic mass is 9.97. The highest BCUT2D eigenvalue weighted by atomic mass is 32.2. The van der Waals surface area contributed by atoms with Gasteiger partial charge in [0.05, 0.1) is 10.5 Å². The van der Waals surface area contributed by atoms with Gasteiger partial charge in [0.2, 0.25) is 10.0 Å². The fourth-order valence-corrected chi connectivity index (χ4v) is 6.57. The van der Waals surface area contributed by atoms with Crippen molar-refractivity contribution >= 4 is 22.4 Å². The molecule has 2 aliphatic rings. The Morgan fingerprint density at radius 3 is 2.60 bits per heavy atom. The topological polar surface area (TPSA) is 107 Å². The van der Waals surface area contributed by atoms with Crippen LogP contribution in [0, 0.1) is 23.6 Å². The summed E-state index contributed by atoms with van der Waals surface area (Å²) in [6, 6.07) is 1.10. The third-order valence-corrected chi connectivity index (χ3v) is 8.87. The van der Waals surface area contributed by atoms with Gasteiger partial charge < -0.3 is 20.1 Å². The molecule has 2 fully saturated rings. The van der Waals surface area contributed by atoms with E-state index in [1.807, 2.05) is 0 Å². The normalized spacial score (nSPS) is 24.7. The Labute approximate surface area is 201 Å². The van der Waals surface area contributed by atoms with E-state index in [0.717, 1.165) is 28.0 Å². The first kappa shape index (κ1) is 27.3. The van der Waals surface area contributed by atoms with Crippen molar-refractivity contribution in [2.75, 3.05) is 26.7 Å². The van der Waals surface area contributed by atoms with E-state index >= 15 is 0 Å². The molecule has 0 radical (unpaired) electrons. The van der Waals surface area contributed by atoms with E-state index in [1.54, 1.807) is 6.92 Å². The molecule has 5 atom stereocenters. The highest BCUT2D eigenvalue weighted by Gasteiger charge is 2.47. The quantitative estimate of drug-likeness (QED) is 0.381. The second-order valence-corrected chi connectivity index (χ2v) is 11.3. The van der Waals surface area contributed by atoms with Crippen LogP contribution in [-0.2, 0) is 21.0 Å². The van der Waals surface area contributed by atoms with Crippen molar-refractivity contribution in [1.82, 2.24) is 14.5 Å². The lowest BCUT2D eigenvalue weighted by Crippen LogP contribution is -2.47. The van der Waals surface area contributed by atoms with Gasteiger partial charge in [-0.05, 0) is 49.3 Å². The SMILES string of the molecule is CC(C=O)CC(CN[C@@H]1CC[C@H]2CN(S(=O)(=O)c3ccc(F)c(C(F)(F)F)c3)C[C@H]21)N(C)C(=O)O. The van der Waals surface area contributed by atoms with Gasteiger partial charge in [0.1, 0.15) is 12.1 Å². The summed E-state index contributed by atoms with van der Waals surface area (Å²) >= 11 is 0. The second kappa shape index (κ2) is 10.4. The summed E-state index contributed by atoms with van der Waals surface area (Å²) in [5.74, 6) is -1.99. The van der Waals surface area contributed by atoms with Crippen LogP contribution in [-0.4, -0.2) is 73.9 Å². The summed E-state index contributed by atoms with van der Waals surface area (Å²) in [5, 5.41) is 12.7. The fraction of sp³-hybridized carbons (Fsp3) is 0.636. The van der Waals surface area contributed by atoms with E-state index in [0.29, 0.717) is 25.0 Å². The Morgan fingerprint density at radius 1 is 1.31 bits per heavy atom. The van der Waals surface area contributed by atoms with E-state index in [-0.39, 0.29) is 43.4 Å². The first-order valence-electron chi connectivity index (χ1n) is 11.3. The van der Waals surface area contributed by atoms with Gasteiger partial charge in [-0.3, -0.25) is 0 Å². The predicted octanol–water partition coefficient (Wildman–Crippen LogP) is 3.04. The Kier molecular flexibility index (Phi) is 8.12. The summed E-state index contributed by atoms with van der Waals surface area (Å²) in [6.45, 7) is 2.20. The first-order chi connectivity index (χ1) is 16.3. The summed E-state index contributed by atoms with van der Waals surface area (Å²) in [7, 11) is -2.84. The molecule has 1 amide bonds. The number of fused-ring (bicyclic) bond motifs is 1. The average molecular weight is 524 g/mol. The number of benzene rings is 1. The smallest absolute Gasteiger partial charge is 0.419 e. The molecule has 1 saturated carbocycles. The number of hydrogen-bond donors (Lipinski definition) is 2. The average Bonchev–Trinajstić information content (AvgIpc) is 3.37. The minimum absolute atomic E-state index is 0.00522. The third-order valence-electron chi connectivity index (χ3n) is 7.05. The molecule has 8 nitrogen and oxygen atoms in total. The number of nitrogens with zero attached hydrogens (tertiary/aromatic N) is 2. The van der Waals surface area contributed by atoms with Crippen LogP contribution >= 0.6 is 0 Å². The lowest BCUT2D eigenvalue weighted by Gasteiger charge is -2.30. The summed E-state index contributed by atoms with van der Waals surface area (Å²) in [4.78, 5) is 23.0.